The molecule has 0 atom stereocenters. The lowest BCUT2D eigenvalue weighted by molar-refractivity contribution is 0.602. The first-order valence-electron chi connectivity index (χ1n) is 3.70. The molecule has 68 valence electrons. The van der Waals surface area contributed by atoms with Crippen molar-refractivity contribution in [1.29, 1.82) is 5.26 Å². The number of hydrogen-bond donors (Lipinski definition) is 0. The minimum absolute atomic E-state index is 0.239. The molecule has 0 aromatic heterocycles. The van der Waals surface area contributed by atoms with Gasteiger partial charge in [0.25, 0.3) is 0 Å². The fourth-order valence-corrected chi connectivity index (χ4v) is 1.67. The van der Waals surface area contributed by atoms with Crippen molar-refractivity contribution in [3.05, 3.63) is 29.8 Å². The van der Waals surface area contributed by atoms with E-state index in [4.69, 9.17) is 5.26 Å². The normalized spacial score (nSPS) is 10.8. The van der Waals surface area contributed by atoms with Crippen LogP contribution in [0.4, 0.5) is 0 Å². The van der Waals surface area contributed by atoms with Gasteiger partial charge in [0, 0.05) is 6.26 Å². The average molecular weight is 195 g/mol. The van der Waals surface area contributed by atoms with Crippen LogP contribution >= 0.6 is 0 Å². The van der Waals surface area contributed by atoms with E-state index in [1.807, 2.05) is 6.07 Å². The van der Waals surface area contributed by atoms with E-state index >= 15 is 0 Å². The second-order valence-electron chi connectivity index (χ2n) is 2.75. The maximum atomic E-state index is 11.1. The molecule has 0 saturated carbocycles. The highest BCUT2D eigenvalue weighted by Crippen LogP contribution is 2.11. The van der Waals surface area contributed by atoms with Crippen molar-refractivity contribution >= 4 is 9.84 Å². The van der Waals surface area contributed by atoms with Crippen LogP contribution in [0.5, 0.6) is 0 Å². The minimum atomic E-state index is -3.15. The first-order valence-corrected chi connectivity index (χ1v) is 5.59. The molecule has 0 heterocycles. The lowest BCUT2D eigenvalue weighted by Crippen LogP contribution is -1.97. The molecule has 0 aliphatic heterocycles. The summed E-state index contributed by atoms with van der Waals surface area (Å²) in [7, 11) is -3.15. The molecule has 0 unspecified atom stereocenters. The molecule has 1 rings (SSSR count). The Bertz CT molecular complexity index is 443. The van der Waals surface area contributed by atoms with Crippen molar-refractivity contribution in [2.75, 3.05) is 6.26 Å². The van der Waals surface area contributed by atoms with Crippen LogP contribution in [-0.2, 0) is 16.3 Å². The highest BCUT2D eigenvalue weighted by atomic mass is 32.2. The van der Waals surface area contributed by atoms with E-state index in [-0.39, 0.29) is 11.3 Å². The van der Waals surface area contributed by atoms with Gasteiger partial charge in [-0.15, -0.1) is 0 Å². The van der Waals surface area contributed by atoms with Crippen LogP contribution < -0.4 is 0 Å². The smallest absolute Gasteiger partial charge is 0.175 e. The molecule has 3 nitrogen and oxygen atoms in total. The standard InChI is InChI=1S/C9H9NO2S/c1-13(11,12)9-4-2-3-8(7-9)5-6-10/h2-4,7H,5H2,1H3. The molecule has 0 fully saturated rings. The Morgan fingerprint density at radius 3 is 2.69 bits per heavy atom. The van der Waals surface area contributed by atoms with Gasteiger partial charge in [0.1, 0.15) is 0 Å². The number of sulfone groups is 1. The molecule has 0 amide bonds. The summed E-state index contributed by atoms with van der Waals surface area (Å²) in [5, 5.41) is 8.41. The molecule has 13 heavy (non-hydrogen) atoms. The molecular weight excluding hydrogens is 186 g/mol. The van der Waals surface area contributed by atoms with E-state index in [0.717, 1.165) is 11.8 Å². The molecule has 0 aliphatic rings. The van der Waals surface area contributed by atoms with Crippen molar-refractivity contribution in [3.8, 4) is 6.07 Å². The highest BCUT2D eigenvalue weighted by molar-refractivity contribution is 7.90. The van der Waals surface area contributed by atoms with Crippen LogP contribution in [0.1, 0.15) is 5.56 Å². The van der Waals surface area contributed by atoms with Crippen LogP contribution in [0, 0.1) is 11.3 Å². The molecule has 0 aliphatic carbocycles. The van der Waals surface area contributed by atoms with E-state index in [1.54, 1.807) is 12.1 Å². The van der Waals surface area contributed by atoms with Gasteiger partial charge in [-0.25, -0.2) is 8.42 Å². The van der Waals surface area contributed by atoms with Gasteiger partial charge in [0.15, 0.2) is 9.84 Å². The van der Waals surface area contributed by atoms with Gasteiger partial charge in [-0.05, 0) is 17.7 Å². The zero-order valence-corrected chi connectivity index (χ0v) is 8.00. The Hall–Kier alpha value is -1.34. The summed E-state index contributed by atoms with van der Waals surface area (Å²) in [6, 6.07) is 8.39. The Kier molecular flexibility index (Phi) is 2.69. The fraction of sp³-hybridized carbons (Fsp3) is 0.222. The van der Waals surface area contributed by atoms with E-state index in [1.165, 1.54) is 12.1 Å². The summed E-state index contributed by atoms with van der Waals surface area (Å²) in [6.07, 6.45) is 1.39. The monoisotopic (exact) mass is 195 g/mol. The Labute approximate surface area is 77.5 Å². The third kappa shape index (κ3) is 2.56. The lowest BCUT2D eigenvalue weighted by atomic mass is 10.2. The van der Waals surface area contributed by atoms with Crippen LogP contribution in [0.25, 0.3) is 0 Å². The van der Waals surface area contributed by atoms with Gasteiger partial charge in [-0.2, -0.15) is 5.26 Å². The van der Waals surface area contributed by atoms with E-state index in [2.05, 4.69) is 0 Å². The van der Waals surface area contributed by atoms with Crippen molar-refractivity contribution in [2.24, 2.45) is 0 Å². The van der Waals surface area contributed by atoms with Gasteiger partial charge in [-0.3, -0.25) is 0 Å². The third-order valence-electron chi connectivity index (χ3n) is 1.61. The van der Waals surface area contributed by atoms with Crippen LogP contribution in [-0.4, -0.2) is 14.7 Å². The quantitative estimate of drug-likeness (QED) is 0.711. The lowest BCUT2D eigenvalue weighted by Gasteiger charge is -1.99. The zero-order valence-electron chi connectivity index (χ0n) is 7.19. The Morgan fingerprint density at radius 2 is 2.15 bits per heavy atom. The van der Waals surface area contributed by atoms with Gasteiger partial charge in [0.05, 0.1) is 17.4 Å². The molecule has 0 saturated heterocycles. The van der Waals surface area contributed by atoms with Gasteiger partial charge in [-0.1, -0.05) is 12.1 Å². The van der Waals surface area contributed by atoms with E-state index in [0.29, 0.717) is 0 Å². The number of rotatable bonds is 2. The molecule has 0 spiro atoms. The molecule has 0 radical (unpaired) electrons. The fourth-order valence-electron chi connectivity index (χ4n) is 0.977. The van der Waals surface area contributed by atoms with Crippen LogP contribution in [0.3, 0.4) is 0 Å². The number of nitriles is 1. The Morgan fingerprint density at radius 1 is 1.46 bits per heavy atom. The first kappa shape index (κ1) is 9.75. The highest BCUT2D eigenvalue weighted by Gasteiger charge is 2.06. The molecular formula is C9H9NO2S. The summed E-state index contributed by atoms with van der Waals surface area (Å²) < 4.78 is 22.2. The predicted molar refractivity (Wildman–Crippen MR) is 48.9 cm³/mol. The largest absolute Gasteiger partial charge is 0.224 e. The van der Waals surface area contributed by atoms with Gasteiger partial charge < -0.3 is 0 Å². The van der Waals surface area contributed by atoms with E-state index < -0.39 is 9.84 Å². The molecule has 1 aromatic carbocycles. The SMILES string of the molecule is CS(=O)(=O)c1cccc(CC#N)c1. The summed E-state index contributed by atoms with van der Waals surface area (Å²) in [5.41, 5.74) is 0.727. The molecule has 1 aromatic rings. The Balaban J connectivity index is 3.15. The topological polar surface area (TPSA) is 57.9 Å². The summed E-state index contributed by atoms with van der Waals surface area (Å²) >= 11 is 0. The molecule has 0 N–H and O–H groups in total. The number of nitrogens with zero attached hydrogens (tertiary/aromatic N) is 1. The van der Waals surface area contributed by atoms with Crippen molar-refractivity contribution in [1.82, 2.24) is 0 Å². The summed E-state index contributed by atoms with van der Waals surface area (Å²) in [5.74, 6) is 0. The second-order valence-corrected chi connectivity index (χ2v) is 4.77. The van der Waals surface area contributed by atoms with Crippen molar-refractivity contribution < 1.29 is 8.42 Å². The predicted octanol–water partition coefficient (Wildman–Crippen LogP) is 1.16. The molecule has 0 bridgehead atoms. The minimum Gasteiger partial charge on any atom is -0.224 e. The van der Waals surface area contributed by atoms with Crippen LogP contribution in [0.2, 0.25) is 0 Å². The average Bonchev–Trinajstić information content (AvgIpc) is 2.04. The van der Waals surface area contributed by atoms with E-state index in [9.17, 15) is 8.42 Å². The van der Waals surface area contributed by atoms with Gasteiger partial charge >= 0.3 is 0 Å². The zero-order chi connectivity index (χ0) is 9.90. The van der Waals surface area contributed by atoms with Crippen LogP contribution in [0.15, 0.2) is 29.2 Å². The summed E-state index contributed by atoms with van der Waals surface area (Å²) in [4.78, 5) is 0.264. The second kappa shape index (κ2) is 3.58. The maximum absolute atomic E-state index is 11.1. The van der Waals surface area contributed by atoms with Crippen molar-refractivity contribution in [3.63, 3.8) is 0 Å². The third-order valence-corrected chi connectivity index (χ3v) is 2.72. The van der Waals surface area contributed by atoms with Gasteiger partial charge in [0.2, 0.25) is 0 Å². The first-order chi connectivity index (χ1) is 6.04. The maximum Gasteiger partial charge on any atom is 0.175 e. The number of benzene rings is 1. The number of hydrogen-bond acceptors (Lipinski definition) is 3. The molecule has 4 heteroatoms. The van der Waals surface area contributed by atoms with Crippen molar-refractivity contribution in [2.45, 2.75) is 11.3 Å². The summed E-state index contributed by atoms with van der Waals surface area (Å²) in [6.45, 7) is 0.